The highest BCUT2D eigenvalue weighted by molar-refractivity contribution is 6.84. The normalized spacial score (nSPS) is 18.0. The predicted molar refractivity (Wildman–Crippen MR) is 216 cm³/mol. The molecular weight excluding hydrogens is 589 g/mol. The van der Waals surface area contributed by atoms with Crippen LogP contribution in [0.1, 0.15) is 138 Å². The third kappa shape index (κ3) is 7.85. The molecule has 0 radical (unpaired) electrons. The highest BCUT2D eigenvalue weighted by Gasteiger charge is 2.52. The Bertz CT molecular complexity index is 1180. The summed E-state index contributed by atoms with van der Waals surface area (Å²) in [5.41, 5.74) is 10.7. The molecule has 4 heteroatoms. The molecule has 0 fully saturated rings. The molecule has 0 N–H and O–H groups in total. The van der Waals surface area contributed by atoms with E-state index < -0.39 is 16.5 Å². The van der Waals surface area contributed by atoms with Crippen LogP contribution in [0.5, 0.6) is 0 Å². The van der Waals surface area contributed by atoms with Gasteiger partial charge in [0.25, 0.3) is 0 Å². The van der Waals surface area contributed by atoms with Crippen LogP contribution in [0.2, 0.25) is 33.2 Å². The largest absolute Gasteiger partial charge is 0.320 e. The molecule has 0 saturated heterocycles. The maximum absolute atomic E-state index is 5.93. The number of rotatable bonds is 6. The van der Waals surface area contributed by atoms with Crippen LogP contribution in [0.3, 0.4) is 0 Å². The summed E-state index contributed by atoms with van der Waals surface area (Å²) in [7, 11) is -4.27. The summed E-state index contributed by atoms with van der Waals surface area (Å²) in [4.78, 5) is 0. The van der Waals surface area contributed by atoms with Crippen molar-refractivity contribution in [3.63, 3.8) is 0 Å². The quantitative estimate of drug-likeness (QED) is 0.253. The molecule has 0 aliphatic heterocycles. The smallest absolute Gasteiger partial charge is 0.189 e. The molecule has 2 aliphatic rings. The minimum absolute atomic E-state index is 0.141. The van der Waals surface area contributed by atoms with Gasteiger partial charge in [-0.3, -0.25) is 0 Å². The lowest BCUT2D eigenvalue weighted by molar-refractivity contribution is 0.614. The van der Waals surface area contributed by atoms with Gasteiger partial charge in [-0.2, -0.15) is 0 Å². The first-order valence-corrected chi connectivity index (χ1v) is 23.1. The van der Waals surface area contributed by atoms with Crippen molar-refractivity contribution in [2.45, 2.75) is 172 Å². The molecule has 0 unspecified atom stereocenters. The molecule has 2 rings (SSSR count). The summed E-state index contributed by atoms with van der Waals surface area (Å²) in [6, 6.07) is 0. The number of allylic oxidation sites excluding steroid dienone is 10. The van der Waals surface area contributed by atoms with Gasteiger partial charge in [0.05, 0.1) is 11.4 Å². The Morgan fingerprint density at radius 3 is 0.696 bits per heavy atom. The van der Waals surface area contributed by atoms with Gasteiger partial charge in [0.1, 0.15) is 0 Å². The Morgan fingerprint density at radius 1 is 0.391 bits per heavy atom. The van der Waals surface area contributed by atoms with Gasteiger partial charge in [0.15, 0.2) is 16.5 Å². The molecule has 0 aromatic carbocycles. The monoisotopic (exact) mass is 663 g/mol. The van der Waals surface area contributed by atoms with E-state index in [0.29, 0.717) is 23.7 Å². The maximum atomic E-state index is 5.93. The minimum Gasteiger partial charge on any atom is -0.320 e. The Kier molecular flexibility index (Phi) is 11.9. The van der Waals surface area contributed by atoms with Crippen LogP contribution in [0.25, 0.3) is 0 Å². The molecule has 2 nitrogen and oxygen atoms in total. The van der Waals surface area contributed by atoms with Gasteiger partial charge in [-0.25, -0.2) is 0 Å². The number of hydrogen-bond donors (Lipinski definition) is 0. The second kappa shape index (κ2) is 13.4. The van der Waals surface area contributed by atoms with E-state index in [2.05, 4.69) is 176 Å². The molecule has 0 amide bonds. The Morgan fingerprint density at radius 2 is 0.565 bits per heavy atom. The zero-order valence-electron chi connectivity index (χ0n) is 34.5. The SMILES string of the molecule is CC(C)C1=CC(=C2C=C(C(C)C)C(=N[Si](C)(C(C)(C)C)C(C)(C)C)C(C(C)C)=C2)C=C(C(C)C)C1=N[Si](C)(C(C)(C)C)C(C)(C)C. The summed E-state index contributed by atoms with van der Waals surface area (Å²) >= 11 is 0. The van der Waals surface area contributed by atoms with E-state index in [1.54, 1.807) is 0 Å². The first-order valence-electron chi connectivity index (χ1n) is 18.2. The first-order chi connectivity index (χ1) is 20.4. The van der Waals surface area contributed by atoms with Crippen LogP contribution in [-0.4, -0.2) is 27.9 Å². The molecule has 0 atom stereocenters. The van der Waals surface area contributed by atoms with Crippen LogP contribution >= 0.6 is 0 Å². The molecule has 0 aromatic rings. The molecule has 0 aromatic heterocycles. The van der Waals surface area contributed by atoms with Crippen molar-refractivity contribution in [2.75, 3.05) is 0 Å². The van der Waals surface area contributed by atoms with Gasteiger partial charge >= 0.3 is 0 Å². The van der Waals surface area contributed by atoms with Crippen LogP contribution in [-0.2, 0) is 0 Å². The van der Waals surface area contributed by atoms with E-state index in [4.69, 9.17) is 9.32 Å². The van der Waals surface area contributed by atoms with Gasteiger partial charge in [0, 0.05) is 0 Å². The van der Waals surface area contributed by atoms with Crippen molar-refractivity contribution >= 4 is 27.9 Å². The lowest BCUT2D eigenvalue weighted by atomic mass is 9.78. The van der Waals surface area contributed by atoms with Gasteiger partial charge < -0.3 is 9.32 Å². The van der Waals surface area contributed by atoms with Crippen LogP contribution in [0, 0.1) is 23.7 Å². The minimum atomic E-state index is -2.14. The summed E-state index contributed by atoms with van der Waals surface area (Å²) in [5, 5.41) is 0.564. The Hall–Kier alpha value is -1.53. The maximum Gasteiger partial charge on any atom is 0.189 e. The van der Waals surface area contributed by atoms with Crippen LogP contribution < -0.4 is 0 Å². The molecule has 46 heavy (non-hydrogen) atoms. The van der Waals surface area contributed by atoms with Crippen LogP contribution in [0.4, 0.5) is 0 Å². The topological polar surface area (TPSA) is 24.7 Å². The lowest BCUT2D eigenvalue weighted by Gasteiger charge is -2.47. The molecule has 0 bridgehead atoms. The number of hydrogen-bond acceptors (Lipinski definition) is 2. The highest BCUT2D eigenvalue weighted by Crippen LogP contribution is 2.54. The van der Waals surface area contributed by atoms with Gasteiger partial charge in [-0.1, -0.05) is 138 Å². The van der Waals surface area contributed by atoms with E-state index in [1.807, 2.05) is 0 Å². The van der Waals surface area contributed by atoms with Crippen molar-refractivity contribution in [1.29, 1.82) is 0 Å². The number of nitrogens with zero attached hydrogens (tertiary/aromatic N) is 2. The highest BCUT2D eigenvalue weighted by atomic mass is 28.3. The molecular formula is C42H74N2Si2. The summed E-state index contributed by atoms with van der Waals surface area (Å²) in [5.74, 6) is 1.51. The van der Waals surface area contributed by atoms with Gasteiger partial charge in [-0.15, -0.1) is 0 Å². The fourth-order valence-electron chi connectivity index (χ4n) is 7.08. The van der Waals surface area contributed by atoms with Crippen LogP contribution in [0.15, 0.2) is 67.1 Å². The Balaban J connectivity index is 3.09. The second-order valence-corrected chi connectivity index (χ2v) is 30.7. The summed E-state index contributed by atoms with van der Waals surface area (Å²) < 4.78 is 11.9. The molecule has 0 heterocycles. The van der Waals surface area contributed by atoms with E-state index in [0.717, 1.165) is 0 Å². The van der Waals surface area contributed by atoms with E-state index >= 15 is 0 Å². The first kappa shape index (κ1) is 40.6. The summed E-state index contributed by atoms with van der Waals surface area (Å²) in [6.07, 6.45) is 9.94. The van der Waals surface area contributed by atoms with E-state index in [-0.39, 0.29) is 20.2 Å². The van der Waals surface area contributed by atoms with Crippen molar-refractivity contribution in [3.8, 4) is 0 Å². The fourth-order valence-corrected chi connectivity index (χ4v) is 14.3. The van der Waals surface area contributed by atoms with Crippen molar-refractivity contribution in [2.24, 2.45) is 33.0 Å². The Labute approximate surface area is 289 Å². The van der Waals surface area contributed by atoms with E-state index in [9.17, 15) is 0 Å². The predicted octanol–water partition coefficient (Wildman–Crippen LogP) is 13.9. The van der Waals surface area contributed by atoms with Crippen molar-refractivity contribution in [3.05, 3.63) is 57.7 Å². The standard InChI is InChI=1S/C42H74N2Si2/c1-27(2)33-23-31(24-34(28(3)4)37(33)43-45(21,39(9,10)11)40(12,13)14)32-25-35(29(5)6)38(36(26-32)30(7)8)44-46(22,41(15,16)17)42(18,19)20/h23-30H,1-22H3. The second-order valence-electron chi connectivity index (χ2n) is 20.0. The van der Waals surface area contributed by atoms with Crippen molar-refractivity contribution < 1.29 is 0 Å². The zero-order chi connectivity index (χ0) is 36.2. The summed E-state index contributed by atoms with van der Waals surface area (Å²) in [6.45, 7) is 52.7. The lowest BCUT2D eigenvalue weighted by Crippen LogP contribution is -2.49. The molecule has 0 spiro atoms. The third-order valence-corrected chi connectivity index (χ3v) is 24.7. The average molecular weight is 663 g/mol. The van der Waals surface area contributed by atoms with Gasteiger partial charge in [-0.05, 0) is 115 Å². The molecule has 2 aliphatic carbocycles. The van der Waals surface area contributed by atoms with Gasteiger partial charge in [0.2, 0.25) is 0 Å². The zero-order valence-corrected chi connectivity index (χ0v) is 36.5. The molecule has 0 saturated carbocycles. The molecule has 260 valence electrons. The average Bonchev–Trinajstić information content (AvgIpc) is 2.85. The van der Waals surface area contributed by atoms with Crippen molar-refractivity contribution in [1.82, 2.24) is 0 Å². The van der Waals surface area contributed by atoms with E-state index in [1.165, 1.54) is 44.9 Å². The third-order valence-electron chi connectivity index (χ3n) is 11.7. The fraction of sp³-hybridized carbons (Fsp3) is 0.714.